The number of para-hydroxylation sites is 1. The standard InChI is InChI=1S/C16H14FN5O/c1-11(22-15-9-5-4-8-14(15)19-21-22)16(23)20-18-10-12-6-2-3-7-13(12)17/h2-11H,1H3,(H,20,23)/b18-10+. The molecule has 1 heterocycles. The molecule has 116 valence electrons. The number of hydrogen-bond acceptors (Lipinski definition) is 4. The van der Waals surface area contributed by atoms with Crippen LogP contribution in [-0.2, 0) is 4.79 Å². The first-order valence-electron chi connectivity index (χ1n) is 7.04. The van der Waals surface area contributed by atoms with Crippen molar-refractivity contribution in [3.05, 3.63) is 59.9 Å². The molecule has 0 aliphatic heterocycles. The lowest BCUT2D eigenvalue weighted by Crippen LogP contribution is -2.28. The second-order valence-corrected chi connectivity index (χ2v) is 4.95. The van der Waals surface area contributed by atoms with E-state index in [4.69, 9.17) is 0 Å². The summed E-state index contributed by atoms with van der Waals surface area (Å²) in [7, 11) is 0. The Balaban J connectivity index is 1.72. The van der Waals surface area contributed by atoms with Crippen LogP contribution in [0.1, 0.15) is 18.5 Å². The monoisotopic (exact) mass is 311 g/mol. The van der Waals surface area contributed by atoms with Gasteiger partial charge in [0, 0.05) is 5.56 Å². The van der Waals surface area contributed by atoms with Crippen LogP contribution in [0.2, 0.25) is 0 Å². The van der Waals surface area contributed by atoms with Gasteiger partial charge in [0.05, 0.1) is 11.7 Å². The van der Waals surface area contributed by atoms with Crippen molar-refractivity contribution in [2.24, 2.45) is 5.10 Å². The number of carbonyl (C=O) groups excluding carboxylic acids is 1. The Hall–Kier alpha value is -3.09. The summed E-state index contributed by atoms with van der Waals surface area (Å²) in [5.41, 5.74) is 4.15. The van der Waals surface area contributed by atoms with E-state index in [1.807, 2.05) is 24.3 Å². The molecule has 0 radical (unpaired) electrons. The number of amides is 1. The maximum absolute atomic E-state index is 13.4. The first kappa shape index (κ1) is 14.8. The molecular weight excluding hydrogens is 297 g/mol. The lowest BCUT2D eigenvalue weighted by atomic mass is 10.2. The Morgan fingerprint density at radius 2 is 2.00 bits per heavy atom. The first-order chi connectivity index (χ1) is 11.2. The largest absolute Gasteiger partial charge is 0.271 e. The minimum Gasteiger partial charge on any atom is -0.271 e. The molecule has 0 aliphatic rings. The maximum Gasteiger partial charge on any atom is 0.264 e. The van der Waals surface area contributed by atoms with Gasteiger partial charge in [0.15, 0.2) is 0 Å². The van der Waals surface area contributed by atoms with E-state index < -0.39 is 11.9 Å². The summed E-state index contributed by atoms with van der Waals surface area (Å²) in [4.78, 5) is 12.2. The van der Waals surface area contributed by atoms with Crippen LogP contribution in [0, 0.1) is 5.82 Å². The van der Waals surface area contributed by atoms with Gasteiger partial charge < -0.3 is 0 Å². The van der Waals surface area contributed by atoms with Gasteiger partial charge in [-0.15, -0.1) is 5.10 Å². The average molecular weight is 311 g/mol. The van der Waals surface area contributed by atoms with E-state index in [1.165, 1.54) is 17.0 Å². The second kappa shape index (κ2) is 6.35. The van der Waals surface area contributed by atoms with Crippen molar-refractivity contribution in [2.75, 3.05) is 0 Å². The number of nitrogens with one attached hydrogen (secondary N) is 1. The predicted octanol–water partition coefficient (Wildman–Crippen LogP) is 2.28. The first-order valence-corrected chi connectivity index (χ1v) is 7.04. The number of carbonyl (C=O) groups is 1. The number of benzene rings is 2. The summed E-state index contributed by atoms with van der Waals surface area (Å²) in [6.45, 7) is 1.69. The maximum atomic E-state index is 13.4. The Morgan fingerprint density at radius 1 is 1.26 bits per heavy atom. The number of fused-ring (bicyclic) bond motifs is 1. The van der Waals surface area contributed by atoms with Crippen LogP contribution in [0.25, 0.3) is 11.0 Å². The fourth-order valence-corrected chi connectivity index (χ4v) is 2.12. The van der Waals surface area contributed by atoms with Crippen molar-refractivity contribution >= 4 is 23.2 Å². The highest BCUT2D eigenvalue weighted by atomic mass is 19.1. The van der Waals surface area contributed by atoms with Gasteiger partial charge in [0.1, 0.15) is 17.4 Å². The van der Waals surface area contributed by atoms with E-state index in [9.17, 15) is 9.18 Å². The zero-order chi connectivity index (χ0) is 16.2. The molecule has 0 saturated carbocycles. The van der Waals surface area contributed by atoms with Crippen LogP contribution in [0.15, 0.2) is 53.6 Å². The molecule has 0 spiro atoms. The molecule has 1 N–H and O–H groups in total. The highest BCUT2D eigenvalue weighted by Crippen LogP contribution is 2.15. The molecule has 0 bridgehead atoms. The Labute approximate surface area is 131 Å². The quantitative estimate of drug-likeness (QED) is 0.593. The molecule has 3 rings (SSSR count). The highest BCUT2D eigenvalue weighted by Gasteiger charge is 2.18. The van der Waals surface area contributed by atoms with Crippen molar-refractivity contribution in [2.45, 2.75) is 13.0 Å². The van der Waals surface area contributed by atoms with E-state index in [2.05, 4.69) is 20.8 Å². The van der Waals surface area contributed by atoms with E-state index in [-0.39, 0.29) is 5.91 Å². The fourth-order valence-electron chi connectivity index (χ4n) is 2.12. The molecule has 0 saturated heterocycles. The van der Waals surface area contributed by atoms with Gasteiger partial charge in [-0.25, -0.2) is 14.5 Å². The van der Waals surface area contributed by atoms with Crippen molar-refractivity contribution in [1.82, 2.24) is 20.4 Å². The second-order valence-electron chi connectivity index (χ2n) is 4.95. The van der Waals surface area contributed by atoms with E-state index in [0.29, 0.717) is 11.1 Å². The normalized spacial score (nSPS) is 12.6. The molecule has 0 aliphatic carbocycles. The van der Waals surface area contributed by atoms with Crippen LogP contribution < -0.4 is 5.43 Å². The lowest BCUT2D eigenvalue weighted by molar-refractivity contribution is -0.124. The molecule has 0 fully saturated rings. The third-order valence-corrected chi connectivity index (χ3v) is 3.41. The van der Waals surface area contributed by atoms with Crippen molar-refractivity contribution in [1.29, 1.82) is 0 Å². The Kier molecular flexibility index (Phi) is 4.09. The van der Waals surface area contributed by atoms with E-state index in [0.717, 1.165) is 5.52 Å². The zero-order valence-electron chi connectivity index (χ0n) is 12.3. The minimum atomic E-state index is -0.597. The number of rotatable bonds is 4. The van der Waals surface area contributed by atoms with Gasteiger partial charge in [-0.2, -0.15) is 5.10 Å². The number of nitrogens with zero attached hydrogens (tertiary/aromatic N) is 4. The van der Waals surface area contributed by atoms with Crippen LogP contribution >= 0.6 is 0 Å². The lowest BCUT2D eigenvalue weighted by Gasteiger charge is -2.10. The molecular formula is C16H14FN5O. The topological polar surface area (TPSA) is 72.2 Å². The van der Waals surface area contributed by atoms with Gasteiger partial charge in [-0.1, -0.05) is 35.5 Å². The van der Waals surface area contributed by atoms with Gasteiger partial charge in [-0.3, -0.25) is 4.79 Å². The van der Waals surface area contributed by atoms with E-state index in [1.54, 1.807) is 25.1 Å². The smallest absolute Gasteiger partial charge is 0.264 e. The van der Waals surface area contributed by atoms with E-state index >= 15 is 0 Å². The Morgan fingerprint density at radius 3 is 2.83 bits per heavy atom. The predicted molar refractivity (Wildman–Crippen MR) is 84.4 cm³/mol. The molecule has 6 nitrogen and oxygen atoms in total. The van der Waals surface area contributed by atoms with Gasteiger partial charge >= 0.3 is 0 Å². The summed E-state index contributed by atoms with van der Waals surface area (Å²) >= 11 is 0. The SMILES string of the molecule is CC(C(=O)N/N=C/c1ccccc1F)n1nnc2ccccc21. The van der Waals surface area contributed by atoms with Gasteiger partial charge in [0.2, 0.25) is 0 Å². The molecule has 2 aromatic carbocycles. The molecule has 23 heavy (non-hydrogen) atoms. The third kappa shape index (κ3) is 3.08. The van der Waals surface area contributed by atoms with Crippen molar-refractivity contribution in [3.8, 4) is 0 Å². The number of aromatic nitrogens is 3. The molecule has 3 aromatic rings. The minimum absolute atomic E-state index is 0.298. The number of halogens is 1. The fraction of sp³-hybridized carbons (Fsp3) is 0.125. The van der Waals surface area contributed by atoms with Crippen molar-refractivity contribution in [3.63, 3.8) is 0 Å². The summed E-state index contributed by atoms with van der Waals surface area (Å²) < 4.78 is 15.0. The zero-order valence-corrected chi connectivity index (χ0v) is 12.3. The van der Waals surface area contributed by atoms with Crippen LogP contribution in [-0.4, -0.2) is 27.1 Å². The molecule has 1 aromatic heterocycles. The third-order valence-electron chi connectivity index (χ3n) is 3.41. The van der Waals surface area contributed by atoms with Crippen LogP contribution in [0.4, 0.5) is 4.39 Å². The van der Waals surface area contributed by atoms with Gasteiger partial charge in [0.25, 0.3) is 5.91 Å². The summed E-state index contributed by atoms with van der Waals surface area (Å²) in [6, 6.07) is 12.9. The summed E-state index contributed by atoms with van der Waals surface area (Å²) in [6.07, 6.45) is 1.26. The number of hydrogen-bond donors (Lipinski definition) is 1. The Bertz CT molecular complexity index is 874. The van der Waals surface area contributed by atoms with Crippen LogP contribution in [0.5, 0.6) is 0 Å². The molecule has 1 unspecified atom stereocenters. The summed E-state index contributed by atoms with van der Waals surface area (Å²) in [5.74, 6) is -0.769. The number of hydrazone groups is 1. The molecule has 1 atom stereocenters. The van der Waals surface area contributed by atoms with Crippen molar-refractivity contribution < 1.29 is 9.18 Å². The molecule has 7 heteroatoms. The highest BCUT2D eigenvalue weighted by molar-refractivity contribution is 5.85. The molecule has 1 amide bonds. The van der Waals surface area contributed by atoms with Gasteiger partial charge in [-0.05, 0) is 25.1 Å². The average Bonchev–Trinajstić information content (AvgIpc) is 3.00. The summed E-state index contributed by atoms with van der Waals surface area (Å²) in [5, 5.41) is 11.8. The van der Waals surface area contributed by atoms with Crippen LogP contribution in [0.3, 0.4) is 0 Å².